The minimum absolute atomic E-state index is 0.0131. The largest absolute Gasteiger partial charge is 0.466 e. The highest BCUT2D eigenvalue weighted by atomic mass is 16.5. The first kappa shape index (κ1) is 13.1. The molecule has 0 amide bonds. The molecule has 18 heavy (non-hydrogen) atoms. The van der Waals surface area contributed by atoms with Gasteiger partial charge in [-0.25, -0.2) is 0 Å². The van der Waals surface area contributed by atoms with Crippen LogP contribution >= 0.6 is 0 Å². The Hall–Kier alpha value is -1.32. The van der Waals surface area contributed by atoms with Crippen molar-refractivity contribution < 1.29 is 9.53 Å². The molecule has 4 nitrogen and oxygen atoms in total. The van der Waals surface area contributed by atoms with Crippen LogP contribution in [0.25, 0.3) is 0 Å². The van der Waals surface area contributed by atoms with E-state index in [2.05, 4.69) is 18.9 Å². The molecule has 1 aromatic rings. The maximum atomic E-state index is 12.0. The molecule has 0 spiro atoms. The molecule has 1 saturated carbocycles. The van der Waals surface area contributed by atoms with Gasteiger partial charge in [-0.2, -0.15) is 5.10 Å². The van der Waals surface area contributed by atoms with E-state index in [0.717, 1.165) is 19.3 Å². The molecule has 1 aromatic heterocycles. The summed E-state index contributed by atoms with van der Waals surface area (Å²) in [4.78, 5) is 12.0. The number of esters is 1. The Labute approximate surface area is 108 Å². The van der Waals surface area contributed by atoms with Crippen molar-refractivity contribution in [3.05, 3.63) is 18.0 Å². The van der Waals surface area contributed by atoms with Crippen molar-refractivity contribution in [1.82, 2.24) is 9.78 Å². The number of ether oxygens (including phenoxy) is 1. The minimum Gasteiger partial charge on any atom is -0.466 e. The van der Waals surface area contributed by atoms with Gasteiger partial charge < -0.3 is 4.74 Å². The van der Waals surface area contributed by atoms with E-state index in [0.29, 0.717) is 12.6 Å². The van der Waals surface area contributed by atoms with Gasteiger partial charge in [0.2, 0.25) is 0 Å². The Balaban J connectivity index is 2.20. The maximum Gasteiger partial charge on any atom is 0.309 e. The van der Waals surface area contributed by atoms with Crippen LogP contribution in [0.3, 0.4) is 0 Å². The van der Waals surface area contributed by atoms with Gasteiger partial charge in [0.25, 0.3) is 0 Å². The normalized spacial score (nSPS) is 23.6. The van der Waals surface area contributed by atoms with E-state index >= 15 is 0 Å². The number of hydrogen-bond acceptors (Lipinski definition) is 3. The molecule has 0 aliphatic heterocycles. The predicted octanol–water partition coefficient (Wildman–Crippen LogP) is 2.91. The van der Waals surface area contributed by atoms with Crippen LogP contribution in [0, 0.1) is 5.92 Å². The molecule has 1 aliphatic carbocycles. The fourth-order valence-corrected chi connectivity index (χ4v) is 2.89. The molecule has 2 rings (SSSR count). The van der Waals surface area contributed by atoms with Gasteiger partial charge in [-0.05, 0) is 39.7 Å². The van der Waals surface area contributed by atoms with E-state index in [1.807, 2.05) is 23.9 Å². The van der Waals surface area contributed by atoms with Crippen LogP contribution in [0.5, 0.6) is 0 Å². The summed E-state index contributed by atoms with van der Waals surface area (Å²) in [5.74, 6) is 0.240. The van der Waals surface area contributed by atoms with Gasteiger partial charge in [-0.3, -0.25) is 9.48 Å². The van der Waals surface area contributed by atoms with Crippen LogP contribution in [0.2, 0.25) is 0 Å². The van der Waals surface area contributed by atoms with Gasteiger partial charge in [0.05, 0.1) is 12.5 Å². The molecular formula is C14H22N2O2. The van der Waals surface area contributed by atoms with Crippen LogP contribution in [-0.4, -0.2) is 22.4 Å². The molecule has 2 unspecified atom stereocenters. The van der Waals surface area contributed by atoms with Gasteiger partial charge >= 0.3 is 5.97 Å². The number of carbonyl (C=O) groups excluding carboxylic acids is 1. The van der Waals surface area contributed by atoms with Gasteiger partial charge in [0, 0.05) is 23.9 Å². The van der Waals surface area contributed by atoms with Crippen molar-refractivity contribution >= 4 is 5.97 Å². The first-order valence-corrected chi connectivity index (χ1v) is 6.85. The Morgan fingerprint density at radius 1 is 1.56 bits per heavy atom. The van der Waals surface area contributed by atoms with E-state index in [-0.39, 0.29) is 17.8 Å². The van der Waals surface area contributed by atoms with E-state index in [1.165, 1.54) is 5.69 Å². The summed E-state index contributed by atoms with van der Waals surface area (Å²) in [6.45, 7) is 6.56. The average molecular weight is 250 g/mol. The SMILES string of the molecule is CCOC(=O)C1CCCC1c1ccnn1C(C)C. The van der Waals surface area contributed by atoms with Gasteiger partial charge in [-0.1, -0.05) is 6.42 Å². The van der Waals surface area contributed by atoms with Gasteiger partial charge in [-0.15, -0.1) is 0 Å². The third-order valence-corrected chi connectivity index (χ3v) is 3.68. The fraction of sp³-hybridized carbons (Fsp3) is 0.714. The number of rotatable bonds is 4. The van der Waals surface area contributed by atoms with Crippen molar-refractivity contribution in [2.24, 2.45) is 5.92 Å². The van der Waals surface area contributed by atoms with E-state index in [4.69, 9.17) is 4.74 Å². The highest BCUT2D eigenvalue weighted by Gasteiger charge is 2.36. The molecule has 0 aromatic carbocycles. The van der Waals surface area contributed by atoms with Crippen LogP contribution in [0.1, 0.15) is 57.7 Å². The zero-order chi connectivity index (χ0) is 13.1. The lowest BCUT2D eigenvalue weighted by Gasteiger charge is -2.21. The number of nitrogens with zero attached hydrogens (tertiary/aromatic N) is 2. The van der Waals surface area contributed by atoms with Crippen LogP contribution in [0.4, 0.5) is 0 Å². The number of aromatic nitrogens is 2. The summed E-state index contributed by atoms with van der Waals surface area (Å²) in [5, 5.41) is 4.36. The Morgan fingerprint density at radius 2 is 2.33 bits per heavy atom. The highest BCUT2D eigenvalue weighted by Crippen LogP contribution is 2.40. The van der Waals surface area contributed by atoms with E-state index in [1.54, 1.807) is 0 Å². The lowest BCUT2D eigenvalue weighted by Crippen LogP contribution is -2.23. The lowest BCUT2D eigenvalue weighted by molar-refractivity contribution is -0.148. The lowest BCUT2D eigenvalue weighted by atomic mass is 9.92. The molecule has 0 N–H and O–H groups in total. The number of hydrogen-bond donors (Lipinski definition) is 0. The van der Waals surface area contributed by atoms with Gasteiger partial charge in [0.15, 0.2) is 0 Å². The second kappa shape index (κ2) is 5.55. The van der Waals surface area contributed by atoms with E-state index < -0.39 is 0 Å². The predicted molar refractivity (Wildman–Crippen MR) is 69.3 cm³/mol. The first-order valence-electron chi connectivity index (χ1n) is 6.85. The summed E-state index contributed by atoms with van der Waals surface area (Å²) in [6.07, 6.45) is 4.92. The van der Waals surface area contributed by atoms with Crippen LogP contribution in [0.15, 0.2) is 12.3 Å². The molecule has 1 aliphatic rings. The fourth-order valence-electron chi connectivity index (χ4n) is 2.89. The Morgan fingerprint density at radius 3 is 3.00 bits per heavy atom. The number of carbonyl (C=O) groups is 1. The summed E-state index contributed by atoms with van der Waals surface area (Å²) in [5.41, 5.74) is 1.18. The summed E-state index contributed by atoms with van der Waals surface area (Å²) in [6, 6.07) is 2.38. The maximum absolute atomic E-state index is 12.0. The van der Waals surface area contributed by atoms with Crippen LogP contribution < -0.4 is 0 Å². The molecule has 2 atom stereocenters. The smallest absolute Gasteiger partial charge is 0.309 e. The standard InChI is InChI=1S/C14H22N2O2/c1-4-18-14(17)12-7-5-6-11(12)13-8-9-15-16(13)10(2)3/h8-12H,4-7H2,1-3H3. The zero-order valence-corrected chi connectivity index (χ0v) is 11.4. The molecule has 0 bridgehead atoms. The second-order valence-electron chi connectivity index (χ2n) is 5.19. The molecule has 0 saturated heterocycles. The minimum atomic E-state index is -0.0449. The molecule has 0 radical (unpaired) electrons. The quantitative estimate of drug-likeness (QED) is 0.772. The third kappa shape index (κ3) is 2.42. The molecule has 4 heteroatoms. The highest BCUT2D eigenvalue weighted by molar-refractivity contribution is 5.74. The Kier molecular flexibility index (Phi) is 4.04. The molecule has 1 fully saturated rings. The summed E-state index contributed by atoms with van der Waals surface area (Å²) in [7, 11) is 0. The third-order valence-electron chi connectivity index (χ3n) is 3.68. The first-order chi connectivity index (χ1) is 8.65. The van der Waals surface area contributed by atoms with Gasteiger partial charge in [0.1, 0.15) is 0 Å². The Bertz CT molecular complexity index is 412. The molecular weight excluding hydrogens is 228 g/mol. The topological polar surface area (TPSA) is 44.1 Å². The average Bonchev–Trinajstić information content (AvgIpc) is 2.97. The van der Waals surface area contributed by atoms with Crippen molar-refractivity contribution in [3.63, 3.8) is 0 Å². The van der Waals surface area contributed by atoms with Crippen molar-refractivity contribution in [2.75, 3.05) is 6.61 Å². The summed E-state index contributed by atoms with van der Waals surface area (Å²) < 4.78 is 7.22. The molecule has 1 heterocycles. The van der Waals surface area contributed by atoms with Crippen LogP contribution in [-0.2, 0) is 9.53 Å². The zero-order valence-electron chi connectivity index (χ0n) is 11.4. The summed E-state index contributed by atoms with van der Waals surface area (Å²) >= 11 is 0. The van der Waals surface area contributed by atoms with Crippen molar-refractivity contribution in [2.45, 2.75) is 52.0 Å². The molecule has 100 valence electrons. The monoisotopic (exact) mass is 250 g/mol. The van der Waals surface area contributed by atoms with Crippen molar-refractivity contribution in [3.8, 4) is 0 Å². The second-order valence-corrected chi connectivity index (χ2v) is 5.19. The van der Waals surface area contributed by atoms with E-state index in [9.17, 15) is 4.79 Å². The van der Waals surface area contributed by atoms with Crippen molar-refractivity contribution in [1.29, 1.82) is 0 Å².